The molecule has 1 aliphatic rings. The van der Waals surface area contributed by atoms with Crippen molar-refractivity contribution in [2.24, 2.45) is 0 Å². The third-order valence-electron chi connectivity index (χ3n) is 4.89. The number of anilines is 1. The molecule has 0 saturated carbocycles. The molecule has 3 heterocycles. The molecular weight excluding hydrogens is 382 g/mol. The standard InChI is InChI=1S/C22H19N5O3/c1-23-21-19(14-3-6-16(28-2)7-4-14)20(25-22(26-21)27-10-9-24-12-27)15-5-8-17-18(11-15)30-13-29-17/h3-12H,13H2,1-2H3,(H,23,25,26). The molecule has 5 rings (SSSR count). The number of hydrogen-bond donors (Lipinski definition) is 1. The highest BCUT2D eigenvalue weighted by Crippen LogP contribution is 2.41. The Morgan fingerprint density at radius 2 is 1.80 bits per heavy atom. The number of imidazole rings is 1. The van der Waals surface area contributed by atoms with E-state index in [2.05, 4.69) is 10.3 Å². The summed E-state index contributed by atoms with van der Waals surface area (Å²) in [6.45, 7) is 0.218. The van der Waals surface area contributed by atoms with Crippen LogP contribution in [0.5, 0.6) is 17.2 Å². The van der Waals surface area contributed by atoms with E-state index >= 15 is 0 Å². The van der Waals surface area contributed by atoms with Crippen molar-refractivity contribution in [2.75, 3.05) is 26.3 Å². The van der Waals surface area contributed by atoms with Crippen molar-refractivity contribution >= 4 is 5.82 Å². The minimum Gasteiger partial charge on any atom is -0.497 e. The summed E-state index contributed by atoms with van der Waals surface area (Å²) in [5, 5.41) is 3.22. The first-order valence-corrected chi connectivity index (χ1v) is 9.39. The Morgan fingerprint density at radius 1 is 1.00 bits per heavy atom. The fourth-order valence-corrected chi connectivity index (χ4v) is 3.41. The zero-order valence-corrected chi connectivity index (χ0v) is 16.5. The van der Waals surface area contributed by atoms with Crippen LogP contribution < -0.4 is 19.5 Å². The number of aromatic nitrogens is 4. The van der Waals surface area contributed by atoms with E-state index < -0.39 is 0 Å². The Balaban J connectivity index is 1.75. The van der Waals surface area contributed by atoms with Gasteiger partial charge in [-0.1, -0.05) is 12.1 Å². The number of methoxy groups -OCH3 is 1. The van der Waals surface area contributed by atoms with Gasteiger partial charge in [-0.15, -0.1) is 0 Å². The molecule has 2 aromatic heterocycles. The molecule has 0 radical (unpaired) electrons. The van der Waals surface area contributed by atoms with Crippen molar-refractivity contribution in [1.29, 1.82) is 0 Å². The number of ether oxygens (including phenoxy) is 3. The zero-order chi connectivity index (χ0) is 20.5. The summed E-state index contributed by atoms with van der Waals surface area (Å²) in [6.07, 6.45) is 5.18. The van der Waals surface area contributed by atoms with Gasteiger partial charge in [-0.25, -0.2) is 9.97 Å². The maximum absolute atomic E-state index is 5.58. The van der Waals surface area contributed by atoms with E-state index in [1.807, 2.05) is 55.7 Å². The van der Waals surface area contributed by atoms with Crippen LogP contribution in [-0.2, 0) is 0 Å². The molecule has 30 heavy (non-hydrogen) atoms. The van der Waals surface area contributed by atoms with Crippen LogP contribution in [0.15, 0.2) is 61.2 Å². The molecular formula is C22H19N5O3. The summed E-state index contributed by atoms with van der Waals surface area (Å²) in [7, 11) is 3.49. The van der Waals surface area contributed by atoms with E-state index in [-0.39, 0.29) is 6.79 Å². The van der Waals surface area contributed by atoms with Crippen LogP contribution in [-0.4, -0.2) is 40.5 Å². The Bertz CT molecular complexity index is 1190. The first kappa shape index (κ1) is 18.0. The maximum Gasteiger partial charge on any atom is 0.237 e. The topological polar surface area (TPSA) is 83.3 Å². The largest absolute Gasteiger partial charge is 0.497 e. The van der Waals surface area contributed by atoms with Gasteiger partial charge in [0.25, 0.3) is 0 Å². The predicted molar refractivity (Wildman–Crippen MR) is 112 cm³/mol. The van der Waals surface area contributed by atoms with E-state index in [0.29, 0.717) is 17.5 Å². The summed E-state index contributed by atoms with van der Waals surface area (Å²) in [5.74, 6) is 3.42. The van der Waals surface area contributed by atoms with Gasteiger partial charge in [-0.2, -0.15) is 4.98 Å². The maximum atomic E-state index is 5.58. The minimum atomic E-state index is 0.218. The van der Waals surface area contributed by atoms with Gasteiger partial charge >= 0.3 is 0 Å². The third kappa shape index (κ3) is 3.08. The predicted octanol–water partition coefficient (Wildman–Crippen LogP) is 3.78. The molecule has 1 aliphatic heterocycles. The van der Waals surface area contributed by atoms with Crippen molar-refractivity contribution in [3.8, 4) is 45.6 Å². The molecule has 1 N–H and O–H groups in total. The lowest BCUT2D eigenvalue weighted by molar-refractivity contribution is 0.174. The van der Waals surface area contributed by atoms with Crippen LogP contribution in [0.4, 0.5) is 5.82 Å². The highest BCUT2D eigenvalue weighted by Gasteiger charge is 2.21. The van der Waals surface area contributed by atoms with Crippen LogP contribution >= 0.6 is 0 Å². The van der Waals surface area contributed by atoms with Crippen molar-refractivity contribution in [3.05, 3.63) is 61.2 Å². The van der Waals surface area contributed by atoms with Gasteiger partial charge in [0.2, 0.25) is 12.7 Å². The lowest BCUT2D eigenvalue weighted by Gasteiger charge is -2.16. The lowest BCUT2D eigenvalue weighted by atomic mass is 9.99. The number of hydrogen-bond acceptors (Lipinski definition) is 7. The van der Waals surface area contributed by atoms with Gasteiger partial charge in [-0.05, 0) is 35.9 Å². The molecule has 0 fully saturated rings. The number of benzene rings is 2. The first-order valence-electron chi connectivity index (χ1n) is 9.39. The second kappa shape index (κ2) is 7.40. The zero-order valence-electron chi connectivity index (χ0n) is 16.5. The van der Waals surface area contributed by atoms with Gasteiger partial charge in [0.15, 0.2) is 11.5 Å². The Kier molecular flexibility index (Phi) is 4.44. The second-order valence-electron chi connectivity index (χ2n) is 6.61. The van der Waals surface area contributed by atoms with E-state index in [1.165, 1.54) is 0 Å². The highest BCUT2D eigenvalue weighted by atomic mass is 16.7. The second-order valence-corrected chi connectivity index (χ2v) is 6.61. The normalized spacial score (nSPS) is 12.1. The van der Waals surface area contributed by atoms with Gasteiger partial charge in [0.05, 0.1) is 18.4 Å². The molecule has 0 saturated heterocycles. The number of nitrogens with zero attached hydrogens (tertiary/aromatic N) is 4. The van der Waals surface area contributed by atoms with Crippen LogP contribution in [0.25, 0.3) is 28.3 Å². The van der Waals surface area contributed by atoms with E-state index in [0.717, 1.165) is 33.9 Å². The van der Waals surface area contributed by atoms with Crippen molar-refractivity contribution in [1.82, 2.24) is 19.5 Å². The average molecular weight is 401 g/mol. The molecule has 0 aliphatic carbocycles. The quantitative estimate of drug-likeness (QED) is 0.545. The van der Waals surface area contributed by atoms with Gasteiger partial charge in [0.1, 0.15) is 17.9 Å². The third-order valence-corrected chi connectivity index (χ3v) is 4.89. The summed E-state index contributed by atoms with van der Waals surface area (Å²) < 4.78 is 18.1. The SMILES string of the molecule is CNc1nc(-n2ccnc2)nc(-c2ccc3c(c2)OCO3)c1-c1ccc(OC)cc1. The molecule has 8 heteroatoms. The molecule has 8 nitrogen and oxygen atoms in total. The van der Waals surface area contributed by atoms with Gasteiger partial charge < -0.3 is 19.5 Å². The molecule has 0 bridgehead atoms. The number of rotatable bonds is 5. The Morgan fingerprint density at radius 3 is 2.53 bits per heavy atom. The molecule has 0 amide bonds. The van der Waals surface area contributed by atoms with E-state index in [9.17, 15) is 0 Å². The summed E-state index contributed by atoms with van der Waals surface area (Å²) in [4.78, 5) is 13.7. The summed E-state index contributed by atoms with van der Waals surface area (Å²) >= 11 is 0. The van der Waals surface area contributed by atoms with Gasteiger partial charge in [-0.3, -0.25) is 4.57 Å². The average Bonchev–Trinajstić information content (AvgIpc) is 3.50. The molecule has 150 valence electrons. The minimum absolute atomic E-state index is 0.218. The van der Waals surface area contributed by atoms with Crippen molar-refractivity contribution in [2.45, 2.75) is 0 Å². The fourth-order valence-electron chi connectivity index (χ4n) is 3.41. The Hall–Kier alpha value is -4.07. The van der Waals surface area contributed by atoms with Crippen LogP contribution in [0.3, 0.4) is 0 Å². The molecule has 4 aromatic rings. The Labute approximate surface area is 173 Å². The van der Waals surface area contributed by atoms with E-state index in [4.69, 9.17) is 24.2 Å². The summed E-state index contributed by atoms with van der Waals surface area (Å²) in [6, 6.07) is 13.6. The van der Waals surface area contributed by atoms with Crippen LogP contribution in [0.2, 0.25) is 0 Å². The molecule has 2 aromatic carbocycles. The number of nitrogens with one attached hydrogen (secondary N) is 1. The fraction of sp³-hybridized carbons (Fsp3) is 0.136. The molecule has 0 unspecified atom stereocenters. The van der Waals surface area contributed by atoms with Gasteiger partial charge in [0, 0.05) is 25.0 Å². The molecule has 0 spiro atoms. The van der Waals surface area contributed by atoms with E-state index in [1.54, 1.807) is 24.2 Å². The van der Waals surface area contributed by atoms with Crippen LogP contribution in [0.1, 0.15) is 0 Å². The lowest BCUT2D eigenvalue weighted by Crippen LogP contribution is -2.07. The monoisotopic (exact) mass is 401 g/mol. The highest BCUT2D eigenvalue weighted by molar-refractivity contribution is 5.89. The first-order chi connectivity index (χ1) is 14.8. The summed E-state index contributed by atoms with van der Waals surface area (Å²) in [5.41, 5.74) is 3.50. The smallest absolute Gasteiger partial charge is 0.237 e. The van der Waals surface area contributed by atoms with Crippen molar-refractivity contribution < 1.29 is 14.2 Å². The number of fused-ring (bicyclic) bond motifs is 1. The molecule has 0 atom stereocenters. The van der Waals surface area contributed by atoms with Crippen molar-refractivity contribution in [3.63, 3.8) is 0 Å². The van der Waals surface area contributed by atoms with Crippen LogP contribution in [0, 0.1) is 0 Å².